The lowest BCUT2D eigenvalue weighted by Crippen LogP contribution is -2.49. The molecule has 5 heteroatoms. The van der Waals surface area contributed by atoms with E-state index in [1.54, 1.807) is 6.92 Å². The molecule has 0 fully saturated rings. The van der Waals surface area contributed by atoms with Crippen LogP contribution in [0.25, 0.3) is 0 Å². The van der Waals surface area contributed by atoms with Gasteiger partial charge in [0.25, 0.3) is 0 Å². The number of ether oxygens (including phenoxy) is 2. The van der Waals surface area contributed by atoms with Crippen LogP contribution in [-0.4, -0.2) is 36.7 Å². The first-order chi connectivity index (χ1) is 9.56. The van der Waals surface area contributed by atoms with Gasteiger partial charge in [0.1, 0.15) is 6.04 Å². The molecule has 1 amide bonds. The Labute approximate surface area is 118 Å². The average molecular weight is 277 g/mol. The zero-order chi connectivity index (χ0) is 14.7. The van der Waals surface area contributed by atoms with Crippen molar-refractivity contribution in [2.75, 3.05) is 13.7 Å². The highest BCUT2D eigenvalue weighted by atomic mass is 16.6. The second kappa shape index (κ2) is 5.94. The van der Waals surface area contributed by atoms with Crippen LogP contribution in [0, 0.1) is 6.92 Å². The normalized spacial score (nSPS) is 17.4. The molecular weight excluding hydrogens is 258 g/mol. The fourth-order valence-corrected chi connectivity index (χ4v) is 2.46. The summed E-state index contributed by atoms with van der Waals surface area (Å²) in [5.74, 6) is -0.413. The Morgan fingerprint density at radius 2 is 2.10 bits per heavy atom. The van der Waals surface area contributed by atoms with Crippen molar-refractivity contribution in [2.24, 2.45) is 0 Å². The predicted molar refractivity (Wildman–Crippen MR) is 73.3 cm³/mol. The van der Waals surface area contributed by atoms with Gasteiger partial charge in [-0.25, -0.2) is 9.59 Å². The number of hydrogen-bond donors (Lipinski definition) is 0. The van der Waals surface area contributed by atoms with Gasteiger partial charge in [-0.1, -0.05) is 23.8 Å². The Bertz CT molecular complexity index is 527. The number of nitrogens with zero attached hydrogens (tertiary/aromatic N) is 1. The first kappa shape index (κ1) is 14.4. The molecule has 1 aromatic carbocycles. The number of rotatable bonds is 2. The van der Waals surface area contributed by atoms with Gasteiger partial charge in [-0.05, 0) is 25.0 Å². The molecule has 0 unspecified atom stereocenters. The summed E-state index contributed by atoms with van der Waals surface area (Å²) in [6.07, 6.45) is -0.0174. The van der Waals surface area contributed by atoms with Crippen molar-refractivity contribution in [1.29, 1.82) is 0 Å². The summed E-state index contributed by atoms with van der Waals surface area (Å²) < 4.78 is 9.83. The molecule has 1 aromatic rings. The molecule has 1 heterocycles. The van der Waals surface area contributed by atoms with Crippen molar-refractivity contribution in [3.63, 3.8) is 0 Å². The van der Waals surface area contributed by atoms with E-state index < -0.39 is 18.1 Å². The maximum absolute atomic E-state index is 12.0. The summed E-state index contributed by atoms with van der Waals surface area (Å²) in [4.78, 5) is 25.4. The van der Waals surface area contributed by atoms with Crippen LogP contribution in [0.2, 0.25) is 0 Å². The lowest BCUT2D eigenvalue weighted by molar-refractivity contribution is -0.147. The maximum Gasteiger partial charge on any atom is 0.410 e. The van der Waals surface area contributed by atoms with Gasteiger partial charge in [-0.2, -0.15) is 0 Å². The highest BCUT2D eigenvalue weighted by molar-refractivity contribution is 5.82. The fourth-order valence-electron chi connectivity index (χ4n) is 2.46. The minimum Gasteiger partial charge on any atom is -0.467 e. The van der Waals surface area contributed by atoms with Gasteiger partial charge in [0, 0.05) is 6.42 Å². The number of fused-ring (bicyclic) bond motifs is 1. The van der Waals surface area contributed by atoms with Crippen LogP contribution in [0.5, 0.6) is 0 Å². The van der Waals surface area contributed by atoms with Crippen molar-refractivity contribution in [2.45, 2.75) is 32.9 Å². The lowest BCUT2D eigenvalue weighted by atomic mass is 9.93. The Morgan fingerprint density at radius 3 is 2.75 bits per heavy atom. The van der Waals surface area contributed by atoms with Gasteiger partial charge in [0.15, 0.2) is 0 Å². The van der Waals surface area contributed by atoms with Crippen LogP contribution in [0.15, 0.2) is 18.2 Å². The smallest absolute Gasteiger partial charge is 0.410 e. The van der Waals surface area contributed by atoms with E-state index in [1.807, 2.05) is 25.1 Å². The lowest BCUT2D eigenvalue weighted by Gasteiger charge is -2.34. The third-order valence-corrected chi connectivity index (χ3v) is 3.47. The summed E-state index contributed by atoms with van der Waals surface area (Å²) >= 11 is 0. The first-order valence-electron chi connectivity index (χ1n) is 6.66. The van der Waals surface area contributed by atoms with Gasteiger partial charge in [-0.3, -0.25) is 4.90 Å². The molecule has 108 valence electrons. The highest BCUT2D eigenvalue weighted by Gasteiger charge is 2.36. The minimum absolute atomic E-state index is 0.282. The third kappa shape index (κ3) is 2.76. The van der Waals surface area contributed by atoms with Gasteiger partial charge in [0.05, 0.1) is 20.3 Å². The van der Waals surface area contributed by atoms with Gasteiger partial charge >= 0.3 is 12.1 Å². The maximum atomic E-state index is 12.0. The monoisotopic (exact) mass is 277 g/mol. The van der Waals surface area contributed by atoms with E-state index in [-0.39, 0.29) is 6.61 Å². The summed E-state index contributed by atoms with van der Waals surface area (Å²) in [5.41, 5.74) is 3.26. The van der Waals surface area contributed by atoms with E-state index in [0.29, 0.717) is 13.0 Å². The first-order valence-corrected chi connectivity index (χ1v) is 6.66. The molecule has 5 nitrogen and oxygen atoms in total. The molecule has 0 radical (unpaired) electrons. The minimum atomic E-state index is -0.616. The van der Waals surface area contributed by atoms with E-state index in [0.717, 1.165) is 16.7 Å². The standard InChI is InChI=1S/C15H19NO4/c1-4-20-15(18)16-9-12-7-10(2)5-6-11(12)8-13(16)14(17)19-3/h5-7,13H,4,8-9H2,1-3H3/t13-/m0/s1. The Balaban J connectivity index is 2.32. The molecule has 0 aliphatic carbocycles. The number of carbonyl (C=O) groups excluding carboxylic acids is 2. The zero-order valence-electron chi connectivity index (χ0n) is 12.0. The van der Waals surface area contributed by atoms with Crippen LogP contribution < -0.4 is 0 Å². The number of carbonyl (C=O) groups is 2. The molecule has 0 aromatic heterocycles. The second-order valence-corrected chi connectivity index (χ2v) is 4.84. The molecule has 2 rings (SSSR count). The molecule has 0 saturated carbocycles. The van der Waals surface area contributed by atoms with Crippen molar-refractivity contribution in [3.8, 4) is 0 Å². The topological polar surface area (TPSA) is 55.8 Å². The van der Waals surface area contributed by atoms with Gasteiger partial charge < -0.3 is 9.47 Å². The van der Waals surface area contributed by atoms with Crippen LogP contribution in [0.4, 0.5) is 4.79 Å². The molecule has 0 saturated heterocycles. The third-order valence-electron chi connectivity index (χ3n) is 3.47. The van der Waals surface area contributed by atoms with E-state index >= 15 is 0 Å². The summed E-state index contributed by atoms with van der Waals surface area (Å²) in [7, 11) is 1.33. The Morgan fingerprint density at radius 1 is 1.35 bits per heavy atom. The molecule has 0 bridgehead atoms. The molecular formula is C15H19NO4. The highest BCUT2D eigenvalue weighted by Crippen LogP contribution is 2.25. The van der Waals surface area contributed by atoms with Gasteiger partial charge in [-0.15, -0.1) is 0 Å². The molecule has 1 atom stereocenters. The van der Waals surface area contributed by atoms with Crippen LogP contribution >= 0.6 is 0 Å². The predicted octanol–water partition coefficient (Wildman–Crippen LogP) is 2.05. The molecule has 20 heavy (non-hydrogen) atoms. The van der Waals surface area contributed by atoms with Crippen molar-refractivity contribution < 1.29 is 19.1 Å². The summed E-state index contributed by atoms with van der Waals surface area (Å²) in [5, 5.41) is 0. The Hall–Kier alpha value is -2.04. The molecule has 1 aliphatic heterocycles. The van der Waals surface area contributed by atoms with Crippen LogP contribution in [0.1, 0.15) is 23.6 Å². The second-order valence-electron chi connectivity index (χ2n) is 4.84. The molecule has 0 spiro atoms. The summed E-state index contributed by atoms with van der Waals surface area (Å²) in [6.45, 7) is 4.40. The molecule has 0 N–H and O–H groups in total. The van der Waals surface area contributed by atoms with Crippen molar-refractivity contribution >= 4 is 12.1 Å². The van der Waals surface area contributed by atoms with Crippen LogP contribution in [0.3, 0.4) is 0 Å². The zero-order valence-corrected chi connectivity index (χ0v) is 12.0. The Kier molecular flexibility index (Phi) is 4.27. The molecule has 1 aliphatic rings. The van der Waals surface area contributed by atoms with E-state index in [2.05, 4.69) is 0 Å². The van der Waals surface area contributed by atoms with Crippen LogP contribution in [-0.2, 0) is 27.2 Å². The van der Waals surface area contributed by atoms with E-state index in [9.17, 15) is 9.59 Å². The largest absolute Gasteiger partial charge is 0.467 e. The SMILES string of the molecule is CCOC(=O)N1Cc2cc(C)ccc2C[C@H]1C(=O)OC. The summed E-state index contributed by atoms with van der Waals surface area (Å²) in [6, 6.07) is 5.43. The fraction of sp³-hybridized carbons (Fsp3) is 0.467. The quantitative estimate of drug-likeness (QED) is 0.776. The number of benzene rings is 1. The average Bonchev–Trinajstić information content (AvgIpc) is 2.45. The number of esters is 1. The number of hydrogen-bond acceptors (Lipinski definition) is 4. The number of amides is 1. The number of methoxy groups -OCH3 is 1. The van der Waals surface area contributed by atoms with Crippen molar-refractivity contribution in [3.05, 3.63) is 34.9 Å². The van der Waals surface area contributed by atoms with E-state index in [1.165, 1.54) is 12.0 Å². The van der Waals surface area contributed by atoms with E-state index in [4.69, 9.17) is 9.47 Å². The van der Waals surface area contributed by atoms with Gasteiger partial charge in [0.2, 0.25) is 0 Å². The van der Waals surface area contributed by atoms with Crippen molar-refractivity contribution in [1.82, 2.24) is 4.90 Å². The number of aryl methyl sites for hydroxylation is 1.